The number of amides is 1. The maximum atomic E-state index is 10.8. The van der Waals surface area contributed by atoms with E-state index in [4.69, 9.17) is 0 Å². The van der Waals surface area contributed by atoms with E-state index in [0.29, 0.717) is 6.04 Å². The number of benzene rings is 1. The second-order valence-electron chi connectivity index (χ2n) is 3.95. The molecule has 1 fully saturated rings. The number of anilines is 1. The van der Waals surface area contributed by atoms with Gasteiger partial charge in [0.1, 0.15) is 0 Å². The normalized spacial score (nSPS) is 20.2. The minimum atomic E-state index is -0.0262. The first-order valence-corrected chi connectivity index (χ1v) is 5.36. The molecular formula is C12H16N2O. The zero-order valence-corrected chi connectivity index (χ0v) is 8.92. The predicted octanol–water partition coefficient (Wildman–Crippen LogP) is 2.07. The number of hydrogen-bond donors (Lipinski definition) is 2. The monoisotopic (exact) mass is 204 g/mol. The first-order chi connectivity index (χ1) is 7.25. The maximum absolute atomic E-state index is 10.8. The van der Waals surface area contributed by atoms with E-state index in [1.54, 1.807) is 0 Å². The molecule has 1 aliphatic heterocycles. The lowest BCUT2D eigenvalue weighted by molar-refractivity contribution is -0.114. The minimum absolute atomic E-state index is 0.0262. The summed E-state index contributed by atoms with van der Waals surface area (Å²) in [5, 5.41) is 6.21. The molecule has 15 heavy (non-hydrogen) atoms. The number of hydrogen-bond acceptors (Lipinski definition) is 2. The van der Waals surface area contributed by atoms with E-state index < -0.39 is 0 Å². The third-order valence-electron chi connectivity index (χ3n) is 2.69. The van der Waals surface area contributed by atoms with Gasteiger partial charge in [0, 0.05) is 18.7 Å². The zero-order valence-electron chi connectivity index (χ0n) is 8.92. The van der Waals surface area contributed by atoms with Gasteiger partial charge in [0.05, 0.1) is 0 Å². The van der Waals surface area contributed by atoms with Crippen molar-refractivity contribution in [1.29, 1.82) is 0 Å². The van der Waals surface area contributed by atoms with Crippen LogP contribution in [0, 0.1) is 0 Å². The van der Waals surface area contributed by atoms with Gasteiger partial charge >= 0.3 is 0 Å². The second kappa shape index (κ2) is 4.45. The lowest BCUT2D eigenvalue weighted by Crippen LogP contribution is -2.13. The van der Waals surface area contributed by atoms with Gasteiger partial charge in [0.25, 0.3) is 0 Å². The second-order valence-corrected chi connectivity index (χ2v) is 3.95. The van der Waals surface area contributed by atoms with Crippen molar-refractivity contribution in [1.82, 2.24) is 5.32 Å². The van der Waals surface area contributed by atoms with E-state index in [1.165, 1.54) is 25.3 Å². The van der Waals surface area contributed by atoms with Crippen LogP contribution in [0.3, 0.4) is 0 Å². The Hall–Kier alpha value is -1.35. The Morgan fingerprint density at radius 3 is 2.67 bits per heavy atom. The molecule has 1 aromatic carbocycles. The van der Waals surface area contributed by atoms with Gasteiger partial charge in [-0.15, -0.1) is 0 Å². The molecule has 2 N–H and O–H groups in total. The largest absolute Gasteiger partial charge is 0.326 e. The summed E-state index contributed by atoms with van der Waals surface area (Å²) >= 11 is 0. The Bertz CT molecular complexity index is 339. The fourth-order valence-electron chi connectivity index (χ4n) is 1.97. The van der Waals surface area contributed by atoms with Crippen molar-refractivity contribution in [3.05, 3.63) is 29.8 Å². The molecule has 0 bridgehead atoms. The van der Waals surface area contributed by atoms with Crippen LogP contribution >= 0.6 is 0 Å². The van der Waals surface area contributed by atoms with Crippen molar-refractivity contribution < 1.29 is 4.79 Å². The molecule has 1 unspecified atom stereocenters. The zero-order chi connectivity index (χ0) is 10.7. The molecule has 0 aliphatic carbocycles. The maximum Gasteiger partial charge on any atom is 0.221 e. The van der Waals surface area contributed by atoms with Crippen LogP contribution in [0.4, 0.5) is 5.69 Å². The molecule has 1 heterocycles. The SMILES string of the molecule is CC(=O)Nc1ccc(C2CCCN2)cc1. The van der Waals surface area contributed by atoms with Gasteiger partial charge in [-0.25, -0.2) is 0 Å². The van der Waals surface area contributed by atoms with E-state index in [1.807, 2.05) is 12.1 Å². The molecule has 1 aromatic rings. The molecule has 1 aliphatic rings. The fourth-order valence-corrected chi connectivity index (χ4v) is 1.97. The number of nitrogens with one attached hydrogen (secondary N) is 2. The number of carbonyl (C=O) groups is 1. The predicted molar refractivity (Wildman–Crippen MR) is 60.7 cm³/mol. The summed E-state index contributed by atoms with van der Waals surface area (Å²) in [6, 6.07) is 8.56. The van der Waals surface area contributed by atoms with Gasteiger partial charge in [-0.05, 0) is 37.1 Å². The summed E-state index contributed by atoms with van der Waals surface area (Å²) in [6.07, 6.45) is 2.46. The fraction of sp³-hybridized carbons (Fsp3) is 0.417. The molecule has 80 valence electrons. The van der Waals surface area contributed by atoms with Crippen LogP contribution in [0.25, 0.3) is 0 Å². The highest BCUT2D eigenvalue weighted by Crippen LogP contribution is 2.23. The first-order valence-electron chi connectivity index (χ1n) is 5.36. The highest BCUT2D eigenvalue weighted by atomic mass is 16.1. The Kier molecular flexibility index (Phi) is 3.02. The van der Waals surface area contributed by atoms with E-state index in [-0.39, 0.29) is 5.91 Å². The van der Waals surface area contributed by atoms with Crippen LogP contribution in [0.5, 0.6) is 0 Å². The summed E-state index contributed by atoms with van der Waals surface area (Å²) in [5.74, 6) is -0.0262. The Morgan fingerprint density at radius 1 is 1.40 bits per heavy atom. The Morgan fingerprint density at radius 2 is 2.13 bits per heavy atom. The van der Waals surface area contributed by atoms with Gasteiger partial charge < -0.3 is 10.6 Å². The van der Waals surface area contributed by atoms with Gasteiger partial charge in [-0.3, -0.25) is 4.79 Å². The molecule has 3 nitrogen and oxygen atoms in total. The molecule has 1 amide bonds. The topological polar surface area (TPSA) is 41.1 Å². The summed E-state index contributed by atoms with van der Waals surface area (Å²) in [6.45, 7) is 2.63. The van der Waals surface area contributed by atoms with Crippen molar-refractivity contribution >= 4 is 11.6 Å². The lowest BCUT2D eigenvalue weighted by Gasteiger charge is -2.11. The minimum Gasteiger partial charge on any atom is -0.326 e. The molecule has 3 heteroatoms. The molecule has 2 rings (SSSR count). The van der Waals surface area contributed by atoms with E-state index in [9.17, 15) is 4.79 Å². The van der Waals surface area contributed by atoms with Gasteiger partial charge in [0.15, 0.2) is 0 Å². The third-order valence-corrected chi connectivity index (χ3v) is 2.69. The third kappa shape index (κ3) is 2.57. The van der Waals surface area contributed by atoms with Crippen molar-refractivity contribution in [3.63, 3.8) is 0 Å². The molecule has 0 radical (unpaired) electrons. The first kappa shape index (κ1) is 10.2. The molecule has 0 aromatic heterocycles. The standard InChI is InChI=1S/C12H16N2O/c1-9(15)14-11-6-4-10(5-7-11)12-3-2-8-13-12/h4-7,12-13H,2-3,8H2,1H3,(H,14,15). The highest BCUT2D eigenvalue weighted by Gasteiger charge is 2.15. The van der Waals surface area contributed by atoms with E-state index >= 15 is 0 Å². The quantitative estimate of drug-likeness (QED) is 0.774. The smallest absolute Gasteiger partial charge is 0.221 e. The van der Waals surface area contributed by atoms with Gasteiger partial charge in [0.2, 0.25) is 5.91 Å². The van der Waals surface area contributed by atoms with Crippen LogP contribution in [-0.4, -0.2) is 12.5 Å². The van der Waals surface area contributed by atoms with Crippen LogP contribution in [-0.2, 0) is 4.79 Å². The van der Waals surface area contributed by atoms with E-state index in [2.05, 4.69) is 22.8 Å². The average Bonchev–Trinajstić information content (AvgIpc) is 2.71. The van der Waals surface area contributed by atoms with Gasteiger partial charge in [-0.1, -0.05) is 12.1 Å². The van der Waals surface area contributed by atoms with Crippen LogP contribution in [0.1, 0.15) is 31.4 Å². The molecule has 0 spiro atoms. The number of rotatable bonds is 2. The van der Waals surface area contributed by atoms with Crippen LogP contribution in [0.2, 0.25) is 0 Å². The molecular weight excluding hydrogens is 188 g/mol. The molecule has 0 saturated carbocycles. The van der Waals surface area contributed by atoms with Crippen molar-refractivity contribution in [2.75, 3.05) is 11.9 Å². The van der Waals surface area contributed by atoms with Crippen molar-refractivity contribution in [3.8, 4) is 0 Å². The molecule has 1 saturated heterocycles. The summed E-state index contributed by atoms with van der Waals surface area (Å²) in [4.78, 5) is 10.8. The summed E-state index contributed by atoms with van der Waals surface area (Å²) in [7, 11) is 0. The highest BCUT2D eigenvalue weighted by molar-refractivity contribution is 5.88. The van der Waals surface area contributed by atoms with Crippen molar-refractivity contribution in [2.24, 2.45) is 0 Å². The Balaban J connectivity index is 2.06. The van der Waals surface area contributed by atoms with Gasteiger partial charge in [-0.2, -0.15) is 0 Å². The summed E-state index contributed by atoms with van der Waals surface area (Å²) in [5.41, 5.74) is 2.17. The summed E-state index contributed by atoms with van der Waals surface area (Å²) < 4.78 is 0. The van der Waals surface area contributed by atoms with Crippen molar-refractivity contribution in [2.45, 2.75) is 25.8 Å². The average molecular weight is 204 g/mol. The Labute approximate surface area is 89.9 Å². The number of carbonyl (C=O) groups excluding carboxylic acids is 1. The van der Waals surface area contributed by atoms with E-state index in [0.717, 1.165) is 12.2 Å². The van der Waals surface area contributed by atoms with Crippen LogP contribution < -0.4 is 10.6 Å². The lowest BCUT2D eigenvalue weighted by atomic mass is 10.1. The molecule has 1 atom stereocenters. The van der Waals surface area contributed by atoms with Crippen LogP contribution in [0.15, 0.2) is 24.3 Å².